The van der Waals surface area contributed by atoms with Crippen LogP contribution in [-0.2, 0) is 11.3 Å². The van der Waals surface area contributed by atoms with Crippen molar-refractivity contribution in [3.63, 3.8) is 0 Å². The van der Waals surface area contributed by atoms with Crippen LogP contribution in [0.4, 0.5) is 5.69 Å². The molecule has 88 valence electrons. The highest BCUT2D eigenvalue weighted by molar-refractivity contribution is 7.07. The molecule has 0 aliphatic carbocycles. The average molecular weight is 248 g/mol. The highest BCUT2D eigenvalue weighted by Gasteiger charge is 2.11. The molecule has 0 fully saturated rings. The fourth-order valence-corrected chi connectivity index (χ4v) is 2.10. The first kappa shape index (κ1) is 11.6. The number of benzene rings is 1. The Bertz CT molecular complexity index is 471. The molecule has 0 atom stereocenters. The summed E-state index contributed by atoms with van der Waals surface area (Å²) in [6.07, 6.45) is 0. The van der Waals surface area contributed by atoms with E-state index in [0.717, 1.165) is 11.4 Å². The highest BCUT2D eigenvalue weighted by atomic mass is 32.1. The number of carbonyl (C=O) groups is 1. The van der Waals surface area contributed by atoms with Crippen molar-refractivity contribution >= 4 is 23.0 Å². The standard InChI is InChI=1S/C12H12N2O2S/c15-12(16)7-14(6-10-8-17-9-13-10)11-4-2-1-3-5-11/h1-5,8-9H,6-7H2,(H,15,16). The van der Waals surface area contributed by atoms with Crippen molar-refractivity contribution in [1.82, 2.24) is 4.98 Å². The molecule has 1 heterocycles. The molecule has 0 unspecified atom stereocenters. The fourth-order valence-electron chi connectivity index (χ4n) is 1.55. The molecular formula is C12H12N2O2S. The van der Waals surface area contributed by atoms with Crippen molar-refractivity contribution in [1.29, 1.82) is 0 Å². The lowest BCUT2D eigenvalue weighted by Crippen LogP contribution is -2.29. The summed E-state index contributed by atoms with van der Waals surface area (Å²) in [5.41, 5.74) is 3.53. The van der Waals surface area contributed by atoms with Gasteiger partial charge in [0.2, 0.25) is 0 Å². The molecule has 17 heavy (non-hydrogen) atoms. The summed E-state index contributed by atoms with van der Waals surface area (Å²) in [7, 11) is 0. The number of anilines is 1. The van der Waals surface area contributed by atoms with E-state index in [4.69, 9.17) is 5.11 Å². The van der Waals surface area contributed by atoms with Gasteiger partial charge in [-0.05, 0) is 12.1 Å². The van der Waals surface area contributed by atoms with Crippen LogP contribution in [-0.4, -0.2) is 22.6 Å². The minimum Gasteiger partial charge on any atom is -0.480 e. The lowest BCUT2D eigenvalue weighted by atomic mass is 10.2. The SMILES string of the molecule is O=C(O)CN(Cc1cscn1)c1ccccc1. The van der Waals surface area contributed by atoms with Gasteiger partial charge in [0.05, 0.1) is 17.7 Å². The van der Waals surface area contributed by atoms with Crippen molar-refractivity contribution in [2.45, 2.75) is 6.54 Å². The zero-order valence-corrected chi connectivity index (χ0v) is 9.93. The van der Waals surface area contributed by atoms with Crippen LogP contribution >= 0.6 is 11.3 Å². The van der Waals surface area contributed by atoms with Crippen molar-refractivity contribution in [2.24, 2.45) is 0 Å². The Kier molecular flexibility index (Phi) is 3.72. The van der Waals surface area contributed by atoms with Crippen LogP contribution in [0.5, 0.6) is 0 Å². The first-order valence-corrected chi connectivity index (χ1v) is 6.09. The second-order valence-electron chi connectivity index (χ2n) is 3.57. The molecule has 0 spiro atoms. The highest BCUT2D eigenvalue weighted by Crippen LogP contribution is 2.16. The molecule has 0 aliphatic heterocycles. The number of carboxylic acid groups (broad SMARTS) is 1. The fraction of sp³-hybridized carbons (Fsp3) is 0.167. The molecule has 1 aromatic carbocycles. The zero-order valence-electron chi connectivity index (χ0n) is 9.11. The van der Waals surface area contributed by atoms with E-state index in [2.05, 4.69) is 4.98 Å². The van der Waals surface area contributed by atoms with Gasteiger partial charge < -0.3 is 10.0 Å². The normalized spacial score (nSPS) is 10.1. The van der Waals surface area contributed by atoms with Gasteiger partial charge in [0.15, 0.2) is 0 Å². The first-order chi connectivity index (χ1) is 8.25. The quantitative estimate of drug-likeness (QED) is 0.881. The largest absolute Gasteiger partial charge is 0.480 e. The van der Waals surface area contributed by atoms with Crippen molar-refractivity contribution < 1.29 is 9.90 Å². The van der Waals surface area contributed by atoms with Crippen LogP contribution in [0.3, 0.4) is 0 Å². The average Bonchev–Trinajstić information content (AvgIpc) is 2.82. The molecule has 0 aliphatic rings. The van der Waals surface area contributed by atoms with Gasteiger partial charge in [-0.25, -0.2) is 4.98 Å². The summed E-state index contributed by atoms with van der Waals surface area (Å²) in [4.78, 5) is 16.8. The van der Waals surface area contributed by atoms with Crippen LogP contribution in [0.2, 0.25) is 0 Å². The number of nitrogens with zero attached hydrogens (tertiary/aromatic N) is 2. The summed E-state index contributed by atoms with van der Waals surface area (Å²) < 4.78 is 0. The topological polar surface area (TPSA) is 53.4 Å². The van der Waals surface area contributed by atoms with E-state index in [9.17, 15) is 4.79 Å². The maximum absolute atomic E-state index is 10.9. The third-order valence-electron chi connectivity index (χ3n) is 2.28. The van der Waals surface area contributed by atoms with Gasteiger partial charge in [-0.3, -0.25) is 4.79 Å². The van der Waals surface area contributed by atoms with Gasteiger partial charge in [0, 0.05) is 11.1 Å². The van der Waals surface area contributed by atoms with Gasteiger partial charge in [0.25, 0.3) is 0 Å². The number of aromatic nitrogens is 1. The molecule has 2 aromatic rings. The second-order valence-corrected chi connectivity index (χ2v) is 4.28. The maximum Gasteiger partial charge on any atom is 0.323 e. The Morgan fingerprint density at radius 1 is 1.35 bits per heavy atom. The van der Waals surface area contributed by atoms with E-state index in [1.807, 2.05) is 35.7 Å². The monoisotopic (exact) mass is 248 g/mol. The molecule has 5 heteroatoms. The smallest absolute Gasteiger partial charge is 0.323 e. The Hall–Kier alpha value is -1.88. The van der Waals surface area contributed by atoms with Gasteiger partial charge >= 0.3 is 5.97 Å². The Balaban J connectivity index is 2.16. The number of carboxylic acids is 1. The van der Waals surface area contributed by atoms with E-state index >= 15 is 0 Å². The predicted octanol–water partition coefficient (Wildman–Crippen LogP) is 2.23. The summed E-state index contributed by atoms with van der Waals surface area (Å²) in [6, 6.07) is 9.49. The van der Waals surface area contributed by atoms with Crippen LogP contribution in [0.1, 0.15) is 5.69 Å². The minimum absolute atomic E-state index is 0.0263. The Labute approximate surface area is 103 Å². The maximum atomic E-state index is 10.9. The number of hydrogen-bond donors (Lipinski definition) is 1. The van der Waals surface area contributed by atoms with Crippen molar-refractivity contribution in [2.75, 3.05) is 11.4 Å². The summed E-state index contributed by atoms with van der Waals surface area (Å²) in [5, 5.41) is 10.8. The molecule has 4 nitrogen and oxygen atoms in total. The first-order valence-electron chi connectivity index (χ1n) is 5.14. The van der Waals surface area contributed by atoms with Gasteiger partial charge in [-0.1, -0.05) is 18.2 Å². The molecule has 0 amide bonds. The number of para-hydroxylation sites is 1. The molecule has 2 rings (SSSR count). The van der Waals surface area contributed by atoms with Crippen LogP contribution in [0, 0.1) is 0 Å². The van der Waals surface area contributed by atoms with Crippen molar-refractivity contribution in [3.8, 4) is 0 Å². The number of hydrogen-bond acceptors (Lipinski definition) is 4. The predicted molar refractivity (Wildman–Crippen MR) is 67.2 cm³/mol. The molecule has 0 saturated carbocycles. The number of rotatable bonds is 5. The summed E-state index contributed by atoms with van der Waals surface area (Å²) in [5.74, 6) is -0.843. The Morgan fingerprint density at radius 2 is 2.12 bits per heavy atom. The van der Waals surface area contributed by atoms with Gasteiger partial charge in [-0.2, -0.15) is 0 Å². The van der Waals surface area contributed by atoms with E-state index in [0.29, 0.717) is 6.54 Å². The third kappa shape index (κ3) is 3.29. The lowest BCUT2D eigenvalue weighted by Gasteiger charge is -2.21. The minimum atomic E-state index is -0.843. The van der Waals surface area contributed by atoms with E-state index in [-0.39, 0.29) is 6.54 Å². The number of thiazole rings is 1. The van der Waals surface area contributed by atoms with E-state index < -0.39 is 5.97 Å². The molecular weight excluding hydrogens is 236 g/mol. The summed E-state index contributed by atoms with van der Waals surface area (Å²) in [6.45, 7) is 0.487. The van der Waals surface area contributed by atoms with E-state index in [1.165, 1.54) is 11.3 Å². The van der Waals surface area contributed by atoms with Gasteiger partial charge in [0.1, 0.15) is 6.54 Å². The second kappa shape index (κ2) is 5.45. The molecule has 1 N–H and O–H groups in total. The zero-order chi connectivity index (χ0) is 12.1. The van der Waals surface area contributed by atoms with Crippen LogP contribution in [0.25, 0.3) is 0 Å². The van der Waals surface area contributed by atoms with Gasteiger partial charge in [-0.15, -0.1) is 11.3 Å². The van der Waals surface area contributed by atoms with Crippen LogP contribution in [0.15, 0.2) is 41.2 Å². The molecule has 0 saturated heterocycles. The molecule has 1 aromatic heterocycles. The van der Waals surface area contributed by atoms with Crippen molar-refractivity contribution in [3.05, 3.63) is 46.9 Å². The van der Waals surface area contributed by atoms with Crippen LogP contribution < -0.4 is 4.90 Å². The lowest BCUT2D eigenvalue weighted by molar-refractivity contribution is -0.135. The summed E-state index contributed by atoms with van der Waals surface area (Å²) >= 11 is 1.51. The number of aliphatic carboxylic acids is 1. The third-order valence-corrected chi connectivity index (χ3v) is 2.92. The molecule has 0 radical (unpaired) electrons. The Morgan fingerprint density at radius 3 is 2.71 bits per heavy atom. The van der Waals surface area contributed by atoms with E-state index in [1.54, 1.807) is 10.4 Å². The molecule has 0 bridgehead atoms.